The van der Waals surface area contributed by atoms with Crippen LogP contribution in [0.4, 0.5) is 0 Å². The predicted molar refractivity (Wildman–Crippen MR) is 103 cm³/mol. The molecule has 0 aliphatic carbocycles. The predicted octanol–water partition coefficient (Wildman–Crippen LogP) is 2.70. The minimum Gasteiger partial charge on any atom is -0.345 e. The lowest BCUT2D eigenvalue weighted by atomic mass is 10.0. The maximum Gasteiger partial charge on any atom is 0.261 e. The highest BCUT2D eigenvalue weighted by Crippen LogP contribution is 2.31. The van der Waals surface area contributed by atoms with E-state index in [1.807, 2.05) is 48.0 Å². The van der Waals surface area contributed by atoms with Crippen molar-refractivity contribution >= 4 is 37.3 Å². The molecule has 1 saturated heterocycles. The first-order valence-electron chi connectivity index (χ1n) is 8.34. The Morgan fingerprint density at radius 2 is 2.04 bits per heavy atom. The monoisotopic (exact) mass is 389 g/mol. The van der Waals surface area contributed by atoms with Gasteiger partial charge in [0.1, 0.15) is 4.83 Å². The molecule has 136 valence electrons. The summed E-state index contributed by atoms with van der Waals surface area (Å²) >= 11 is 1.37. The van der Waals surface area contributed by atoms with Crippen molar-refractivity contribution in [3.05, 3.63) is 47.0 Å². The molecule has 3 heterocycles. The molecule has 0 unspecified atom stereocenters. The van der Waals surface area contributed by atoms with Crippen LogP contribution in [-0.2, 0) is 9.84 Å². The summed E-state index contributed by atoms with van der Waals surface area (Å²) in [5, 5.41) is 8.43. The second-order valence-corrected chi connectivity index (χ2v) is 10.2. The molecule has 0 bridgehead atoms. The quantitative estimate of drug-likeness (QED) is 0.747. The van der Waals surface area contributed by atoms with E-state index in [9.17, 15) is 13.2 Å². The summed E-state index contributed by atoms with van der Waals surface area (Å²) in [6.45, 7) is 3.71. The van der Waals surface area contributed by atoms with Crippen molar-refractivity contribution in [1.29, 1.82) is 0 Å². The van der Waals surface area contributed by atoms with E-state index in [2.05, 4.69) is 10.4 Å². The molecule has 0 spiro atoms. The summed E-state index contributed by atoms with van der Waals surface area (Å²) in [7, 11) is -3.07. The molecule has 1 atom stereocenters. The number of aryl methyl sites for hydroxylation is 1. The highest BCUT2D eigenvalue weighted by molar-refractivity contribution is 7.91. The van der Waals surface area contributed by atoms with E-state index in [-0.39, 0.29) is 17.4 Å². The first-order chi connectivity index (χ1) is 12.3. The number of nitrogens with one attached hydrogen (secondary N) is 1. The SMILES string of the molecule is Cc1nn(-c2ccccc2)c2sc(C(=O)N[C@@]3(C)CCS(=O)(=O)C3)cc12. The number of para-hydroxylation sites is 1. The first kappa shape index (κ1) is 17.2. The Hall–Kier alpha value is -2.19. The smallest absolute Gasteiger partial charge is 0.261 e. The van der Waals surface area contributed by atoms with Gasteiger partial charge in [-0.25, -0.2) is 13.1 Å². The van der Waals surface area contributed by atoms with Gasteiger partial charge in [0.15, 0.2) is 9.84 Å². The molecule has 1 fully saturated rings. The van der Waals surface area contributed by atoms with Crippen LogP contribution >= 0.6 is 11.3 Å². The molecule has 4 rings (SSSR count). The number of rotatable bonds is 3. The van der Waals surface area contributed by atoms with E-state index in [1.165, 1.54) is 11.3 Å². The van der Waals surface area contributed by atoms with Gasteiger partial charge in [-0.2, -0.15) is 5.10 Å². The summed E-state index contributed by atoms with van der Waals surface area (Å²) in [5.74, 6) is -0.115. The van der Waals surface area contributed by atoms with Crippen LogP contribution in [0.3, 0.4) is 0 Å². The molecule has 0 radical (unpaired) electrons. The van der Waals surface area contributed by atoms with E-state index in [1.54, 1.807) is 6.92 Å². The number of fused-ring (bicyclic) bond motifs is 1. The molecule has 1 N–H and O–H groups in total. The largest absolute Gasteiger partial charge is 0.345 e. The van der Waals surface area contributed by atoms with Gasteiger partial charge >= 0.3 is 0 Å². The lowest BCUT2D eigenvalue weighted by molar-refractivity contribution is 0.0919. The Bertz CT molecular complexity index is 1100. The van der Waals surface area contributed by atoms with Crippen molar-refractivity contribution in [2.24, 2.45) is 0 Å². The molecule has 3 aromatic rings. The molecule has 8 heteroatoms. The van der Waals surface area contributed by atoms with Gasteiger partial charge in [0, 0.05) is 5.39 Å². The van der Waals surface area contributed by atoms with Gasteiger partial charge in [-0.05, 0) is 38.5 Å². The van der Waals surface area contributed by atoms with Crippen LogP contribution in [0.25, 0.3) is 15.9 Å². The fourth-order valence-electron chi connectivity index (χ4n) is 3.35. The Balaban J connectivity index is 1.67. The molecular weight excluding hydrogens is 370 g/mol. The second kappa shape index (κ2) is 5.92. The number of hydrogen-bond acceptors (Lipinski definition) is 5. The molecule has 1 aliphatic heterocycles. The number of hydrogen-bond donors (Lipinski definition) is 1. The van der Waals surface area contributed by atoms with Gasteiger partial charge in [-0.3, -0.25) is 4.79 Å². The zero-order chi connectivity index (χ0) is 18.5. The summed E-state index contributed by atoms with van der Waals surface area (Å²) in [6.07, 6.45) is 0.447. The minimum absolute atomic E-state index is 0.00649. The summed E-state index contributed by atoms with van der Waals surface area (Å²) in [6, 6.07) is 11.6. The molecule has 2 aromatic heterocycles. The molecule has 6 nitrogen and oxygen atoms in total. The van der Waals surface area contributed by atoms with Gasteiger partial charge in [-0.1, -0.05) is 18.2 Å². The zero-order valence-corrected chi connectivity index (χ0v) is 16.2. The van der Waals surface area contributed by atoms with Crippen molar-refractivity contribution in [3.63, 3.8) is 0 Å². The maximum absolute atomic E-state index is 12.7. The van der Waals surface area contributed by atoms with Gasteiger partial charge in [-0.15, -0.1) is 11.3 Å². The van der Waals surface area contributed by atoms with Crippen molar-refractivity contribution in [2.45, 2.75) is 25.8 Å². The standard InChI is InChI=1S/C18H19N3O3S2/c1-12-14-10-15(16(22)19-18(2)8-9-26(23,24)11-18)25-17(14)21(20-12)13-6-4-3-5-7-13/h3-7,10H,8-9,11H2,1-2H3,(H,19,22)/t18-/m0/s1. The molecular formula is C18H19N3O3S2. The third-order valence-electron chi connectivity index (χ3n) is 4.69. The minimum atomic E-state index is -3.07. The van der Waals surface area contributed by atoms with Crippen LogP contribution in [0.15, 0.2) is 36.4 Å². The number of amides is 1. The van der Waals surface area contributed by atoms with Crippen LogP contribution in [0.2, 0.25) is 0 Å². The van der Waals surface area contributed by atoms with E-state index in [0.29, 0.717) is 11.3 Å². The van der Waals surface area contributed by atoms with E-state index < -0.39 is 15.4 Å². The van der Waals surface area contributed by atoms with Crippen molar-refractivity contribution < 1.29 is 13.2 Å². The first-order valence-corrected chi connectivity index (χ1v) is 11.0. The van der Waals surface area contributed by atoms with Crippen LogP contribution < -0.4 is 5.32 Å². The van der Waals surface area contributed by atoms with Gasteiger partial charge < -0.3 is 5.32 Å². The number of thiophene rings is 1. The number of aromatic nitrogens is 2. The van der Waals surface area contributed by atoms with Crippen molar-refractivity contribution in [3.8, 4) is 5.69 Å². The topological polar surface area (TPSA) is 81.1 Å². The fraction of sp³-hybridized carbons (Fsp3) is 0.333. The lowest BCUT2D eigenvalue weighted by Crippen LogP contribution is -2.46. The number of carbonyl (C=O) groups excluding carboxylic acids is 1. The van der Waals surface area contributed by atoms with E-state index in [4.69, 9.17) is 0 Å². The van der Waals surface area contributed by atoms with Crippen LogP contribution in [-0.4, -0.2) is 41.2 Å². The average Bonchev–Trinajstić information content (AvgIpc) is 3.22. The molecule has 1 aliphatic rings. The van der Waals surface area contributed by atoms with E-state index >= 15 is 0 Å². The lowest BCUT2D eigenvalue weighted by Gasteiger charge is -2.23. The Morgan fingerprint density at radius 3 is 2.69 bits per heavy atom. The number of sulfone groups is 1. The summed E-state index contributed by atoms with van der Waals surface area (Å²) in [5.41, 5.74) is 1.09. The number of nitrogens with zero attached hydrogens (tertiary/aromatic N) is 2. The van der Waals surface area contributed by atoms with E-state index in [0.717, 1.165) is 21.6 Å². The third kappa shape index (κ3) is 3.03. The molecule has 26 heavy (non-hydrogen) atoms. The Labute approximate surface area is 155 Å². The molecule has 0 saturated carbocycles. The maximum atomic E-state index is 12.7. The number of carbonyl (C=O) groups is 1. The zero-order valence-electron chi connectivity index (χ0n) is 14.5. The fourth-order valence-corrected chi connectivity index (χ4v) is 6.52. The van der Waals surface area contributed by atoms with Gasteiger partial charge in [0.25, 0.3) is 5.91 Å². The molecule has 1 amide bonds. The van der Waals surface area contributed by atoms with Gasteiger partial charge in [0.05, 0.1) is 33.3 Å². The van der Waals surface area contributed by atoms with Crippen molar-refractivity contribution in [2.75, 3.05) is 11.5 Å². The van der Waals surface area contributed by atoms with Gasteiger partial charge in [0.2, 0.25) is 0 Å². The Kier molecular flexibility index (Phi) is 3.92. The van der Waals surface area contributed by atoms with Crippen molar-refractivity contribution in [1.82, 2.24) is 15.1 Å². The van der Waals surface area contributed by atoms with Crippen LogP contribution in [0, 0.1) is 6.92 Å². The Morgan fingerprint density at radius 1 is 1.31 bits per heavy atom. The molecule has 1 aromatic carbocycles. The normalized spacial score (nSPS) is 21.9. The number of benzene rings is 1. The van der Waals surface area contributed by atoms with Crippen LogP contribution in [0.5, 0.6) is 0 Å². The summed E-state index contributed by atoms with van der Waals surface area (Å²) < 4.78 is 25.3. The highest BCUT2D eigenvalue weighted by Gasteiger charge is 2.39. The third-order valence-corrected chi connectivity index (χ3v) is 7.70. The second-order valence-electron chi connectivity index (χ2n) is 7.02. The average molecular weight is 390 g/mol. The highest BCUT2D eigenvalue weighted by atomic mass is 32.2. The van der Waals surface area contributed by atoms with Crippen LogP contribution in [0.1, 0.15) is 28.7 Å². The summed E-state index contributed by atoms with van der Waals surface area (Å²) in [4.78, 5) is 14.2.